The summed E-state index contributed by atoms with van der Waals surface area (Å²) in [4.78, 5) is 37.5. The van der Waals surface area contributed by atoms with Crippen LogP contribution in [0.2, 0.25) is 0 Å². The zero-order valence-electron chi connectivity index (χ0n) is 18.2. The van der Waals surface area contributed by atoms with Crippen LogP contribution in [0.3, 0.4) is 0 Å². The molecule has 3 aromatic rings. The van der Waals surface area contributed by atoms with E-state index >= 15 is 0 Å². The van der Waals surface area contributed by atoms with Gasteiger partial charge in [0.25, 0.3) is 17.5 Å². The molecule has 10 heteroatoms. The Balaban J connectivity index is 1.65. The molecule has 0 aliphatic carbocycles. The van der Waals surface area contributed by atoms with Gasteiger partial charge in [0.2, 0.25) is 0 Å². The molecule has 9 nitrogen and oxygen atoms in total. The molecule has 1 aliphatic rings. The number of hydrogen-bond acceptors (Lipinski definition) is 7. The third kappa shape index (κ3) is 4.44. The van der Waals surface area contributed by atoms with Crippen LogP contribution >= 0.6 is 12.2 Å². The number of thiocarbonyl (C=S) groups is 1. The first-order chi connectivity index (χ1) is 16.3. The van der Waals surface area contributed by atoms with E-state index in [2.05, 4.69) is 5.32 Å². The minimum Gasteiger partial charge on any atom is -0.494 e. The number of aryl methyl sites for hydroxylation is 1. The molecule has 1 fully saturated rings. The fourth-order valence-electron chi connectivity index (χ4n) is 3.53. The molecule has 2 aromatic carbocycles. The van der Waals surface area contributed by atoms with Gasteiger partial charge in [-0.15, -0.1) is 0 Å². The summed E-state index contributed by atoms with van der Waals surface area (Å²) in [6.45, 7) is 4.04. The standard InChI is InChI=1S/C24H19N3O6S/c1-3-32-17-6-4-5-15(12-17)26-23(29)20(22(28)25-24(26)34)13-18-8-10-21(33-18)19-9-7-16(27(30)31)11-14(19)2/h4-13H,3H2,1-2H3,(H,25,28,34). The molecule has 1 saturated heterocycles. The van der Waals surface area contributed by atoms with Gasteiger partial charge in [0.05, 0.1) is 17.2 Å². The lowest BCUT2D eigenvalue weighted by atomic mass is 10.1. The van der Waals surface area contributed by atoms with Crippen LogP contribution in [0.5, 0.6) is 5.75 Å². The predicted octanol–water partition coefficient (Wildman–Crippen LogP) is 4.39. The Labute approximate surface area is 199 Å². The van der Waals surface area contributed by atoms with E-state index in [0.717, 1.165) is 0 Å². The average Bonchev–Trinajstić information content (AvgIpc) is 3.25. The molecule has 172 valence electrons. The minimum absolute atomic E-state index is 0.0240. The van der Waals surface area contributed by atoms with Crippen molar-refractivity contribution in [3.8, 4) is 17.1 Å². The molecular weight excluding hydrogens is 458 g/mol. The van der Waals surface area contributed by atoms with Crippen molar-refractivity contribution in [2.24, 2.45) is 0 Å². The first-order valence-corrected chi connectivity index (χ1v) is 10.7. The van der Waals surface area contributed by atoms with E-state index in [4.69, 9.17) is 21.4 Å². The predicted molar refractivity (Wildman–Crippen MR) is 129 cm³/mol. The molecule has 0 saturated carbocycles. The summed E-state index contributed by atoms with van der Waals surface area (Å²) in [7, 11) is 0. The van der Waals surface area contributed by atoms with E-state index < -0.39 is 16.7 Å². The van der Waals surface area contributed by atoms with Gasteiger partial charge in [-0.2, -0.15) is 0 Å². The van der Waals surface area contributed by atoms with Crippen molar-refractivity contribution in [3.05, 3.63) is 81.6 Å². The highest BCUT2D eigenvalue weighted by atomic mass is 32.1. The Kier molecular flexibility index (Phi) is 6.24. The maximum Gasteiger partial charge on any atom is 0.270 e. The number of non-ortho nitro benzene ring substituents is 1. The lowest BCUT2D eigenvalue weighted by molar-refractivity contribution is -0.384. The number of hydrogen-bond donors (Lipinski definition) is 1. The number of anilines is 1. The second-order valence-corrected chi connectivity index (χ2v) is 7.73. The van der Waals surface area contributed by atoms with Gasteiger partial charge >= 0.3 is 0 Å². The molecule has 0 unspecified atom stereocenters. The van der Waals surface area contributed by atoms with Gasteiger partial charge in [0.15, 0.2) is 5.11 Å². The number of nitro benzene ring substituents is 1. The molecule has 2 amide bonds. The summed E-state index contributed by atoms with van der Waals surface area (Å²) in [5, 5.41) is 13.5. The molecule has 1 aliphatic heterocycles. The molecule has 0 spiro atoms. The third-order valence-electron chi connectivity index (χ3n) is 5.09. The fraction of sp³-hybridized carbons (Fsp3) is 0.125. The Morgan fingerprint density at radius 3 is 2.68 bits per heavy atom. The van der Waals surface area contributed by atoms with Crippen molar-refractivity contribution >= 4 is 46.6 Å². The molecule has 1 N–H and O–H groups in total. The summed E-state index contributed by atoms with van der Waals surface area (Å²) < 4.78 is 11.3. The van der Waals surface area contributed by atoms with Crippen molar-refractivity contribution < 1.29 is 23.7 Å². The van der Waals surface area contributed by atoms with E-state index in [9.17, 15) is 19.7 Å². The van der Waals surface area contributed by atoms with Crippen molar-refractivity contribution in [2.45, 2.75) is 13.8 Å². The highest BCUT2D eigenvalue weighted by Gasteiger charge is 2.35. The zero-order valence-corrected chi connectivity index (χ0v) is 19.0. The highest BCUT2D eigenvalue weighted by Crippen LogP contribution is 2.30. The van der Waals surface area contributed by atoms with Gasteiger partial charge < -0.3 is 9.15 Å². The normalized spacial score (nSPS) is 14.9. The van der Waals surface area contributed by atoms with Crippen molar-refractivity contribution in [3.63, 3.8) is 0 Å². The van der Waals surface area contributed by atoms with E-state index in [1.807, 2.05) is 6.92 Å². The minimum atomic E-state index is -0.642. The quantitative estimate of drug-likeness (QED) is 0.184. The SMILES string of the molecule is CCOc1cccc(N2C(=O)C(=Cc3ccc(-c4ccc([N+](=O)[O-])cc4C)o3)C(=O)NC2=S)c1. The van der Waals surface area contributed by atoms with E-state index in [1.54, 1.807) is 49.4 Å². The lowest BCUT2D eigenvalue weighted by Crippen LogP contribution is -2.54. The third-order valence-corrected chi connectivity index (χ3v) is 5.37. The maximum atomic E-state index is 13.2. The Morgan fingerprint density at radius 2 is 1.97 bits per heavy atom. The molecular formula is C24H19N3O6S. The highest BCUT2D eigenvalue weighted by molar-refractivity contribution is 7.80. The largest absolute Gasteiger partial charge is 0.494 e. The summed E-state index contributed by atoms with van der Waals surface area (Å²) in [5.41, 5.74) is 1.58. The fourth-order valence-corrected chi connectivity index (χ4v) is 3.81. The van der Waals surface area contributed by atoms with Crippen LogP contribution in [-0.2, 0) is 9.59 Å². The zero-order chi connectivity index (χ0) is 24.4. The van der Waals surface area contributed by atoms with Crippen molar-refractivity contribution in [2.75, 3.05) is 11.5 Å². The molecule has 2 heterocycles. The molecule has 0 bridgehead atoms. The van der Waals surface area contributed by atoms with Gasteiger partial charge in [-0.05, 0) is 68.0 Å². The van der Waals surface area contributed by atoms with Crippen LogP contribution < -0.4 is 15.0 Å². The number of nitrogens with zero attached hydrogens (tertiary/aromatic N) is 2. The topological polar surface area (TPSA) is 115 Å². The molecule has 0 radical (unpaired) electrons. The van der Waals surface area contributed by atoms with E-state index in [-0.39, 0.29) is 22.1 Å². The number of ether oxygens (including phenoxy) is 1. The number of rotatable bonds is 6. The van der Waals surface area contributed by atoms with Crippen LogP contribution in [0.4, 0.5) is 11.4 Å². The smallest absolute Gasteiger partial charge is 0.270 e. The van der Waals surface area contributed by atoms with Crippen molar-refractivity contribution in [1.82, 2.24) is 5.32 Å². The number of amides is 2. The molecule has 0 atom stereocenters. The van der Waals surface area contributed by atoms with Gasteiger partial charge in [-0.25, -0.2) is 0 Å². The summed E-state index contributed by atoms with van der Waals surface area (Å²) in [6, 6.07) is 14.5. The monoisotopic (exact) mass is 477 g/mol. The number of carbonyl (C=O) groups excluding carboxylic acids is 2. The van der Waals surface area contributed by atoms with Crippen LogP contribution in [0, 0.1) is 17.0 Å². The summed E-state index contributed by atoms with van der Waals surface area (Å²) >= 11 is 5.23. The lowest BCUT2D eigenvalue weighted by Gasteiger charge is -2.29. The first-order valence-electron chi connectivity index (χ1n) is 10.3. The van der Waals surface area contributed by atoms with E-state index in [1.165, 1.54) is 23.1 Å². The maximum absolute atomic E-state index is 13.2. The number of furan rings is 1. The number of nitrogens with one attached hydrogen (secondary N) is 1. The van der Waals surface area contributed by atoms with Gasteiger partial charge in [0.1, 0.15) is 22.8 Å². The average molecular weight is 477 g/mol. The Morgan fingerprint density at radius 1 is 1.18 bits per heavy atom. The van der Waals surface area contributed by atoms with Crippen LogP contribution in [0.1, 0.15) is 18.2 Å². The Bertz CT molecular complexity index is 1360. The summed E-state index contributed by atoms with van der Waals surface area (Å²) in [5.74, 6) is 0.0255. The summed E-state index contributed by atoms with van der Waals surface area (Å²) in [6.07, 6.45) is 1.34. The molecule has 34 heavy (non-hydrogen) atoms. The molecule has 4 rings (SSSR count). The van der Waals surface area contributed by atoms with Crippen LogP contribution in [0.25, 0.3) is 17.4 Å². The van der Waals surface area contributed by atoms with Crippen molar-refractivity contribution in [1.29, 1.82) is 0 Å². The van der Waals surface area contributed by atoms with Gasteiger partial charge in [-0.3, -0.25) is 29.9 Å². The Hall–Kier alpha value is -4.31. The first kappa shape index (κ1) is 22.9. The van der Waals surface area contributed by atoms with Gasteiger partial charge in [-0.1, -0.05) is 6.07 Å². The second kappa shape index (κ2) is 9.28. The van der Waals surface area contributed by atoms with Crippen LogP contribution in [0.15, 0.2) is 64.6 Å². The number of benzene rings is 2. The van der Waals surface area contributed by atoms with Crippen LogP contribution in [-0.4, -0.2) is 28.5 Å². The molecule has 1 aromatic heterocycles. The second-order valence-electron chi connectivity index (χ2n) is 7.35. The van der Waals surface area contributed by atoms with Gasteiger partial charge in [0, 0.05) is 23.8 Å². The number of carbonyl (C=O) groups is 2. The number of nitro groups is 1. The van der Waals surface area contributed by atoms with E-state index in [0.29, 0.717) is 34.9 Å².